The van der Waals surface area contributed by atoms with Crippen molar-refractivity contribution in [2.24, 2.45) is 11.8 Å². The van der Waals surface area contributed by atoms with Crippen molar-refractivity contribution in [1.82, 2.24) is 5.32 Å². The molecule has 0 saturated carbocycles. The summed E-state index contributed by atoms with van der Waals surface area (Å²) in [5, 5.41) is 3.11. The van der Waals surface area contributed by atoms with E-state index in [-0.39, 0.29) is 25.0 Å². The van der Waals surface area contributed by atoms with Gasteiger partial charge in [-0.05, 0) is 43.6 Å². The number of amides is 1. The van der Waals surface area contributed by atoms with Crippen LogP contribution in [0.25, 0.3) is 0 Å². The van der Waals surface area contributed by atoms with Gasteiger partial charge >= 0.3 is 6.09 Å². The lowest BCUT2D eigenvalue weighted by molar-refractivity contribution is -0.0474. The van der Waals surface area contributed by atoms with Crippen LogP contribution in [0.2, 0.25) is 0 Å². The number of alkyl carbamates (subject to hydrolysis) is 1. The number of carbonyl (C=O) groups is 1. The molecule has 1 N–H and O–H groups in total. The Morgan fingerprint density at radius 1 is 1.12 bits per heavy atom. The molecule has 1 aliphatic carbocycles. The number of allylic oxidation sites excluding steroid dienone is 2. The normalized spacial score (nSPS) is 23.6. The number of nitrogens with one attached hydrogen (secondary N) is 1. The van der Waals surface area contributed by atoms with E-state index in [1.165, 1.54) is 25.7 Å². The third kappa shape index (κ3) is 8.44. The molecule has 176 valence electrons. The Hall–Kier alpha value is -2.11. The van der Waals surface area contributed by atoms with Gasteiger partial charge in [0.05, 0.1) is 19.3 Å². The minimum absolute atomic E-state index is 0.0309. The van der Waals surface area contributed by atoms with Crippen molar-refractivity contribution >= 4 is 6.09 Å². The number of unbranched alkanes of at least 4 members (excludes halogenated alkanes) is 3. The van der Waals surface area contributed by atoms with E-state index in [9.17, 15) is 4.79 Å². The zero-order chi connectivity index (χ0) is 22.4. The quantitative estimate of drug-likeness (QED) is 0.312. The lowest BCUT2D eigenvalue weighted by Gasteiger charge is -2.33. The zero-order valence-corrected chi connectivity index (χ0v) is 19.4. The van der Waals surface area contributed by atoms with Crippen LogP contribution in [-0.2, 0) is 20.8 Å². The predicted octanol–water partition coefficient (Wildman–Crippen LogP) is 6.15. The summed E-state index contributed by atoms with van der Waals surface area (Å²) in [7, 11) is 0. The van der Waals surface area contributed by atoms with Crippen molar-refractivity contribution < 1.29 is 19.0 Å². The van der Waals surface area contributed by atoms with E-state index in [0.29, 0.717) is 25.0 Å². The van der Waals surface area contributed by atoms with Gasteiger partial charge in [-0.1, -0.05) is 80.8 Å². The van der Waals surface area contributed by atoms with E-state index < -0.39 is 0 Å². The van der Waals surface area contributed by atoms with E-state index in [2.05, 4.69) is 36.5 Å². The van der Waals surface area contributed by atoms with Crippen LogP contribution in [-0.4, -0.2) is 31.6 Å². The summed E-state index contributed by atoms with van der Waals surface area (Å²) in [5.74, 6) is 0.837. The molecule has 0 aromatic heterocycles. The van der Waals surface area contributed by atoms with E-state index >= 15 is 0 Å². The number of hydrogen-bond donors (Lipinski definition) is 1. The average molecular weight is 442 g/mol. The molecular weight excluding hydrogens is 402 g/mol. The summed E-state index contributed by atoms with van der Waals surface area (Å²) in [4.78, 5) is 12.5. The van der Waals surface area contributed by atoms with Gasteiger partial charge in [0.25, 0.3) is 0 Å². The highest BCUT2D eigenvalue weighted by Gasteiger charge is 2.29. The minimum atomic E-state index is -0.355. The monoisotopic (exact) mass is 441 g/mol. The van der Waals surface area contributed by atoms with E-state index in [0.717, 1.165) is 31.2 Å². The van der Waals surface area contributed by atoms with Crippen molar-refractivity contribution in [3.8, 4) is 0 Å². The first-order valence-electron chi connectivity index (χ1n) is 12.3. The zero-order valence-electron chi connectivity index (χ0n) is 19.4. The lowest BCUT2D eigenvalue weighted by atomic mass is 9.76. The highest BCUT2D eigenvalue weighted by molar-refractivity contribution is 5.68. The van der Waals surface area contributed by atoms with E-state index in [4.69, 9.17) is 14.2 Å². The molecular formula is C27H39NO4. The van der Waals surface area contributed by atoms with Gasteiger partial charge in [-0.2, -0.15) is 0 Å². The van der Waals surface area contributed by atoms with Crippen molar-refractivity contribution in [3.63, 3.8) is 0 Å². The molecule has 1 aromatic rings. The second-order valence-corrected chi connectivity index (χ2v) is 8.76. The highest BCUT2D eigenvalue weighted by Crippen LogP contribution is 2.32. The Labute approximate surface area is 193 Å². The molecule has 1 aliphatic heterocycles. The second-order valence-electron chi connectivity index (χ2n) is 8.76. The molecule has 1 fully saturated rings. The fourth-order valence-corrected chi connectivity index (χ4v) is 4.50. The van der Waals surface area contributed by atoms with Crippen molar-refractivity contribution in [1.29, 1.82) is 0 Å². The summed E-state index contributed by atoms with van der Waals surface area (Å²) in [5.41, 5.74) is 0.992. The van der Waals surface area contributed by atoms with Gasteiger partial charge in [0, 0.05) is 5.92 Å². The minimum Gasteiger partial charge on any atom is -0.445 e. The van der Waals surface area contributed by atoms with Crippen molar-refractivity contribution in [2.75, 3.05) is 13.2 Å². The maximum Gasteiger partial charge on any atom is 0.407 e. The van der Waals surface area contributed by atoms with E-state index in [1.54, 1.807) is 0 Å². The summed E-state index contributed by atoms with van der Waals surface area (Å²) >= 11 is 0. The fraction of sp³-hybridized carbons (Fsp3) is 0.593. The number of benzene rings is 1. The van der Waals surface area contributed by atoms with Crippen LogP contribution in [0.5, 0.6) is 0 Å². The Bertz CT molecular complexity index is 712. The average Bonchev–Trinajstić information content (AvgIpc) is 3.33. The summed E-state index contributed by atoms with van der Waals surface area (Å²) < 4.78 is 16.5. The molecule has 5 nitrogen and oxygen atoms in total. The molecule has 1 aromatic carbocycles. The van der Waals surface area contributed by atoms with Gasteiger partial charge in [0.2, 0.25) is 0 Å². The summed E-state index contributed by atoms with van der Waals surface area (Å²) in [6, 6.07) is 9.76. The molecule has 32 heavy (non-hydrogen) atoms. The van der Waals surface area contributed by atoms with Gasteiger partial charge in [-0.3, -0.25) is 0 Å². The van der Waals surface area contributed by atoms with Gasteiger partial charge < -0.3 is 19.5 Å². The third-order valence-corrected chi connectivity index (χ3v) is 6.28. The molecule has 1 saturated heterocycles. The highest BCUT2D eigenvalue weighted by atomic mass is 16.7. The molecule has 5 heteroatoms. The summed E-state index contributed by atoms with van der Waals surface area (Å²) in [6.45, 7) is 3.95. The number of ether oxygens (including phenoxy) is 3. The first-order valence-corrected chi connectivity index (χ1v) is 12.3. The van der Waals surface area contributed by atoms with Gasteiger partial charge in [0.15, 0.2) is 6.29 Å². The smallest absolute Gasteiger partial charge is 0.407 e. The molecule has 3 unspecified atom stereocenters. The molecule has 0 spiro atoms. The second kappa shape index (κ2) is 14.1. The van der Waals surface area contributed by atoms with Gasteiger partial charge in [-0.25, -0.2) is 4.79 Å². The lowest BCUT2D eigenvalue weighted by Crippen LogP contribution is -2.42. The van der Waals surface area contributed by atoms with Crippen molar-refractivity contribution in [3.05, 3.63) is 60.2 Å². The Balaban J connectivity index is 1.52. The number of hydrogen-bond acceptors (Lipinski definition) is 4. The van der Waals surface area contributed by atoms with Crippen LogP contribution in [0, 0.1) is 11.8 Å². The van der Waals surface area contributed by atoms with Crippen LogP contribution >= 0.6 is 0 Å². The van der Waals surface area contributed by atoms with Crippen molar-refractivity contribution in [2.45, 2.75) is 77.2 Å². The number of carbonyl (C=O) groups excluding carboxylic acids is 1. The topological polar surface area (TPSA) is 56.8 Å². The van der Waals surface area contributed by atoms with Gasteiger partial charge in [0.1, 0.15) is 6.61 Å². The fourth-order valence-electron chi connectivity index (χ4n) is 4.50. The Kier molecular flexibility index (Phi) is 10.8. The van der Waals surface area contributed by atoms with Crippen LogP contribution in [0.1, 0.15) is 63.9 Å². The Morgan fingerprint density at radius 3 is 2.72 bits per heavy atom. The van der Waals surface area contributed by atoms with Crippen LogP contribution in [0.3, 0.4) is 0 Å². The van der Waals surface area contributed by atoms with Crippen LogP contribution in [0.4, 0.5) is 4.79 Å². The predicted molar refractivity (Wildman–Crippen MR) is 127 cm³/mol. The summed E-state index contributed by atoms with van der Waals surface area (Å²) in [6.07, 6.45) is 17.5. The first kappa shape index (κ1) is 24.5. The molecule has 3 atom stereocenters. The molecule has 3 rings (SSSR count). The van der Waals surface area contributed by atoms with E-state index in [1.807, 2.05) is 30.3 Å². The maximum absolute atomic E-state index is 12.5. The molecule has 1 heterocycles. The molecule has 2 aliphatic rings. The molecule has 0 radical (unpaired) electrons. The van der Waals surface area contributed by atoms with Crippen LogP contribution in [0.15, 0.2) is 54.6 Å². The molecule has 0 bridgehead atoms. The third-order valence-electron chi connectivity index (χ3n) is 6.28. The van der Waals surface area contributed by atoms with Crippen LogP contribution < -0.4 is 5.32 Å². The SMILES string of the molecule is CCCCCC1CC=CC(NC(=O)OCc2ccccc2)C1/C=C/CCCC1OCCO1. The maximum atomic E-state index is 12.5. The standard InChI is InChI=1S/C27H39NO4/c1-2-3-6-14-23-15-11-17-25(28-27(29)32-21-22-12-7-4-8-13-22)24(23)16-9-5-10-18-26-30-19-20-31-26/h4,7-9,11-13,16-17,23-26H,2-3,5-6,10,14-15,18-21H2,1H3,(H,28,29)/b16-9+. The first-order chi connectivity index (χ1) is 15.8. The number of rotatable bonds is 12. The van der Waals surface area contributed by atoms with Gasteiger partial charge in [-0.15, -0.1) is 0 Å². The molecule has 1 amide bonds. The largest absolute Gasteiger partial charge is 0.445 e. The Morgan fingerprint density at radius 2 is 1.94 bits per heavy atom.